The fraction of sp³-hybridized carbons (Fsp3) is 0.385. The van der Waals surface area contributed by atoms with Crippen molar-refractivity contribution in [2.75, 3.05) is 38.7 Å². The van der Waals surface area contributed by atoms with Crippen molar-refractivity contribution in [2.24, 2.45) is 0 Å². The molecule has 5 rings (SSSR count). The Labute approximate surface area is 198 Å². The minimum absolute atomic E-state index is 0.0437. The smallest absolute Gasteiger partial charge is 0.320 e. The first-order chi connectivity index (χ1) is 16.6. The number of nitrogens with zero attached hydrogens (tertiary/aromatic N) is 3. The normalized spacial score (nSPS) is 19.8. The van der Waals surface area contributed by atoms with Gasteiger partial charge in [-0.3, -0.25) is 10.2 Å². The number of methoxy groups -OCH3 is 1. The quantitative estimate of drug-likeness (QED) is 0.560. The number of aromatic nitrogens is 2. The van der Waals surface area contributed by atoms with Gasteiger partial charge in [0.1, 0.15) is 11.6 Å². The zero-order chi connectivity index (χ0) is 23.5. The van der Waals surface area contributed by atoms with E-state index in [1.54, 1.807) is 23.9 Å². The lowest BCUT2D eigenvalue weighted by Gasteiger charge is -2.21. The number of aryl methyl sites for hydroxylation is 1. The van der Waals surface area contributed by atoms with E-state index in [-0.39, 0.29) is 23.8 Å². The summed E-state index contributed by atoms with van der Waals surface area (Å²) in [5.74, 6) is 0.472. The molecular formula is C26H30FN5O2. The molecule has 178 valence electrons. The highest BCUT2D eigenvalue weighted by Crippen LogP contribution is 2.32. The number of likely N-dealkylation sites (tertiary alicyclic amines) is 1. The van der Waals surface area contributed by atoms with Gasteiger partial charge in [0.2, 0.25) is 0 Å². The zero-order valence-corrected chi connectivity index (χ0v) is 19.3. The summed E-state index contributed by atoms with van der Waals surface area (Å²) in [6, 6.07) is 16.3. The van der Waals surface area contributed by atoms with Crippen molar-refractivity contribution in [3.63, 3.8) is 0 Å². The Hall–Kier alpha value is -3.23. The van der Waals surface area contributed by atoms with Crippen LogP contribution in [0.3, 0.4) is 0 Å². The molecular weight excluding hydrogens is 433 g/mol. The molecule has 8 heteroatoms. The molecule has 2 amide bonds. The number of nitrogens with one attached hydrogen (secondary N) is 2. The molecule has 2 aliphatic rings. The minimum Gasteiger partial charge on any atom is -0.383 e. The molecule has 1 fully saturated rings. The van der Waals surface area contributed by atoms with E-state index in [0.29, 0.717) is 18.1 Å². The number of benzene rings is 2. The molecule has 2 atom stereocenters. The molecule has 1 aliphatic carbocycles. The van der Waals surface area contributed by atoms with E-state index < -0.39 is 0 Å². The number of rotatable bonds is 7. The molecule has 7 nitrogen and oxygen atoms in total. The van der Waals surface area contributed by atoms with Crippen LogP contribution < -0.4 is 10.6 Å². The molecule has 2 heterocycles. The van der Waals surface area contributed by atoms with Crippen molar-refractivity contribution >= 4 is 11.8 Å². The van der Waals surface area contributed by atoms with Crippen LogP contribution in [0.25, 0.3) is 5.69 Å². The maximum Gasteiger partial charge on any atom is 0.320 e. The first-order valence-electron chi connectivity index (χ1n) is 11.8. The van der Waals surface area contributed by atoms with Crippen LogP contribution in [0, 0.1) is 5.82 Å². The summed E-state index contributed by atoms with van der Waals surface area (Å²) in [7, 11) is 1.70. The molecule has 1 aromatic heterocycles. The monoisotopic (exact) mass is 463 g/mol. The van der Waals surface area contributed by atoms with Gasteiger partial charge in [-0.05, 0) is 43.0 Å². The SMILES string of the molecule is COCCN1CC(NC(=O)Nc2c3c(nn2-c2cccc(F)c2)CCC3)C(c2ccccc2)C1. The third-order valence-corrected chi connectivity index (χ3v) is 6.74. The van der Waals surface area contributed by atoms with Crippen molar-refractivity contribution in [3.8, 4) is 5.69 Å². The summed E-state index contributed by atoms with van der Waals surface area (Å²) in [5, 5.41) is 10.9. The Balaban J connectivity index is 1.36. The second kappa shape index (κ2) is 9.95. The van der Waals surface area contributed by atoms with Crippen LogP contribution in [-0.2, 0) is 17.6 Å². The Morgan fingerprint density at radius 1 is 1.15 bits per heavy atom. The molecule has 0 spiro atoms. The number of anilines is 1. The Kier molecular flexibility index (Phi) is 6.60. The number of carbonyl (C=O) groups is 1. The van der Waals surface area contributed by atoms with Crippen LogP contribution in [0.15, 0.2) is 54.6 Å². The van der Waals surface area contributed by atoms with E-state index in [4.69, 9.17) is 4.74 Å². The van der Waals surface area contributed by atoms with Gasteiger partial charge in [-0.25, -0.2) is 13.9 Å². The van der Waals surface area contributed by atoms with E-state index in [1.807, 2.05) is 18.2 Å². The third-order valence-electron chi connectivity index (χ3n) is 6.74. The van der Waals surface area contributed by atoms with Crippen LogP contribution >= 0.6 is 0 Å². The number of amides is 2. The fourth-order valence-electron chi connectivity index (χ4n) is 5.10. The first kappa shape index (κ1) is 22.6. The first-order valence-corrected chi connectivity index (χ1v) is 11.8. The second-order valence-corrected chi connectivity index (χ2v) is 8.99. The second-order valence-electron chi connectivity index (χ2n) is 8.99. The van der Waals surface area contributed by atoms with Crippen LogP contribution in [0.5, 0.6) is 0 Å². The number of hydrogen-bond donors (Lipinski definition) is 2. The average Bonchev–Trinajstić information content (AvgIpc) is 3.54. The lowest BCUT2D eigenvalue weighted by atomic mass is 9.94. The van der Waals surface area contributed by atoms with Gasteiger partial charge in [-0.1, -0.05) is 36.4 Å². The van der Waals surface area contributed by atoms with Gasteiger partial charge in [-0.2, -0.15) is 5.10 Å². The highest BCUT2D eigenvalue weighted by molar-refractivity contribution is 5.90. The predicted octanol–water partition coefficient (Wildman–Crippen LogP) is 3.74. The van der Waals surface area contributed by atoms with Crippen molar-refractivity contribution in [2.45, 2.75) is 31.2 Å². The number of ether oxygens (including phenoxy) is 1. The van der Waals surface area contributed by atoms with Gasteiger partial charge in [0.15, 0.2) is 0 Å². The van der Waals surface area contributed by atoms with E-state index >= 15 is 0 Å². The number of halogens is 1. The summed E-state index contributed by atoms with van der Waals surface area (Å²) in [4.78, 5) is 15.6. The van der Waals surface area contributed by atoms with Gasteiger partial charge in [0.05, 0.1) is 24.0 Å². The maximum absolute atomic E-state index is 13.9. The summed E-state index contributed by atoms with van der Waals surface area (Å²) >= 11 is 0. The van der Waals surface area contributed by atoms with Gasteiger partial charge < -0.3 is 10.1 Å². The Bertz CT molecular complexity index is 1150. The summed E-state index contributed by atoms with van der Waals surface area (Å²) in [6.07, 6.45) is 2.72. The lowest BCUT2D eigenvalue weighted by Crippen LogP contribution is -2.42. The molecule has 2 N–H and O–H groups in total. The fourth-order valence-corrected chi connectivity index (χ4v) is 5.10. The van der Waals surface area contributed by atoms with Gasteiger partial charge in [0.25, 0.3) is 0 Å². The van der Waals surface area contributed by atoms with Gasteiger partial charge in [-0.15, -0.1) is 0 Å². The highest BCUT2D eigenvalue weighted by Gasteiger charge is 2.35. The van der Waals surface area contributed by atoms with Gasteiger partial charge in [0, 0.05) is 38.2 Å². The van der Waals surface area contributed by atoms with Crippen LogP contribution in [0.1, 0.15) is 29.2 Å². The van der Waals surface area contributed by atoms with Crippen LogP contribution in [-0.4, -0.2) is 60.1 Å². The van der Waals surface area contributed by atoms with E-state index in [2.05, 4.69) is 32.8 Å². The highest BCUT2D eigenvalue weighted by atomic mass is 19.1. The summed E-state index contributed by atoms with van der Waals surface area (Å²) < 4.78 is 20.8. The third kappa shape index (κ3) is 4.69. The molecule has 0 radical (unpaired) electrons. The lowest BCUT2D eigenvalue weighted by molar-refractivity contribution is 0.159. The van der Waals surface area contributed by atoms with Gasteiger partial charge >= 0.3 is 6.03 Å². The van der Waals surface area contributed by atoms with E-state index in [0.717, 1.165) is 50.2 Å². The minimum atomic E-state index is -0.337. The van der Waals surface area contributed by atoms with Crippen molar-refractivity contribution in [3.05, 3.63) is 77.2 Å². The molecule has 3 aromatic rings. The largest absolute Gasteiger partial charge is 0.383 e. The Morgan fingerprint density at radius 2 is 2.00 bits per heavy atom. The van der Waals surface area contributed by atoms with Crippen molar-refractivity contribution in [1.82, 2.24) is 20.0 Å². The molecule has 1 aliphatic heterocycles. The standard InChI is InChI=1S/C26H30FN5O2/c1-34-14-13-31-16-22(18-7-3-2-4-8-18)24(17-31)28-26(33)29-25-21-11-6-12-23(21)30-32(25)20-10-5-9-19(27)15-20/h2-5,7-10,15,22,24H,6,11-14,16-17H2,1H3,(H2,28,29,33). The van der Waals surface area contributed by atoms with Crippen molar-refractivity contribution in [1.29, 1.82) is 0 Å². The van der Waals surface area contributed by atoms with Crippen LogP contribution in [0.2, 0.25) is 0 Å². The molecule has 0 bridgehead atoms. The average molecular weight is 464 g/mol. The van der Waals surface area contributed by atoms with E-state index in [1.165, 1.54) is 17.7 Å². The zero-order valence-electron chi connectivity index (χ0n) is 19.3. The molecule has 1 saturated heterocycles. The number of hydrogen-bond acceptors (Lipinski definition) is 4. The molecule has 2 aromatic carbocycles. The Morgan fingerprint density at radius 3 is 2.79 bits per heavy atom. The maximum atomic E-state index is 13.9. The summed E-state index contributed by atoms with van der Waals surface area (Å²) in [6.45, 7) is 3.07. The molecule has 0 saturated carbocycles. The number of fused-ring (bicyclic) bond motifs is 1. The topological polar surface area (TPSA) is 71.4 Å². The number of carbonyl (C=O) groups excluding carboxylic acids is 1. The summed E-state index contributed by atoms with van der Waals surface area (Å²) in [5.41, 5.74) is 3.80. The predicted molar refractivity (Wildman–Crippen MR) is 129 cm³/mol. The molecule has 2 unspecified atom stereocenters. The van der Waals surface area contributed by atoms with Crippen molar-refractivity contribution < 1.29 is 13.9 Å². The molecule has 34 heavy (non-hydrogen) atoms. The number of urea groups is 1. The van der Waals surface area contributed by atoms with Crippen LogP contribution in [0.4, 0.5) is 15.0 Å². The van der Waals surface area contributed by atoms with E-state index in [9.17, 15) is 9.18 Å².